The summed E-state index contributed by atoms with van der Waals surface area (Å²) in [5.41, 5.74) is 1.80. The number of rotatable bonds is 4. The number of likely N-dealkylation sites (tertiary alicyclic amines) is 1. The molecule has 0 spiro atoms. The van der Waals surface area contributed by atoms with Crippen molar-refractivity contribution < 1.29 is 14.3 Å². The van der Waals surface area contributed by atoms with E-state index in [2.05, 4.69) is 28.4 Å². The van der Waals surface area contributed by atoms with Crippen LogP contribution >= 0.6 is 11.3 Å². The lowest BCUT2D eigenvalue weighted by Gasteiger charge is -2.35. The summed E-state index contributed by atoms with van der Waals surface area (Å²) < 4.78 is 12.0. The van der Waals surface area contributed by atoms with Gasteiger partial charge in [-0.25, -0.2) is 4.98 Å². The van der Waals surface area contributed by atoms with Gasteiger partial charge in [-0.3, -0.25) is 9.69 Å². The molecule has 1 amide bonds. The van der Waals surface area contributed by atoms with Gasteiger partial charge in [-0.05, 0) is 50.6 Å². The molecule has 1 saturated heterocycles. The number of anilines is 1. The van der Waals surface area contributed by atoms with Crippen molar-refractivity contribution in [1.29, 1.82) is 0 Å². The number of hydrogen-bond acceptors (Lipinski definition) is 6. The van der Waals surface area contributed by atoms with E-state index >= 15 is 0 Å². The Morgan fingerprint density at radius 2 is 2.10 bits per heavy atom. The first-order valence-electron chi connectivity index (χ1n) is 9.97. The van der Waals surface area contributed by atoms with Crippen molar-refractivity contribution in [3.8, 4) is 11.5 Å². The number of hydrogen-bond donors (Lipinski definition) is 1. The van der Waals surface area contributed by atoms with Crippen LogP contribution in [0, 0.1) is 0 Å². The maximum absolute atomic E-state index is 12.9. The topological polar surface area (TPSA) is 63.7 Å². The van der Waals surface area contributed by atoms with Crippen LogP contribution in [0.3, 0.4) is 0 Å². The van der Waals surface area contributed by atoms with Crippen LogP contribution in [0.1, 0.15) is 30.7 Å². The molecule has 3 heterocycles. The number of carbonyl (C=O) groups excluding carboxylic acids is 1. The maximum Gasteiger partial charge on any atom is 0.241 e. The van der Waals surface area contributed by atoms with E-state index in [1.54, 1.807) is 11.3 Å². The van der Waals surface area contributed by atoms with E-state index < -0.39 is 0 Å². The standard InChI is InChI=1S/C22H23N3O3S/c1-14(21(26)23-16-8-9-18-19(11-16)28-13-27-18)25-10-4-5-15(12-25)22-24-17-6-2-3-7-20(17)29-22/h2-3,6-9,11,14-15H,4-5,10,12-13H2,1H3,(H,23,26)/t14-,15+/m1/s1. The number of piperidine rings is 1. The third-order valence-electron chi connectivity index (χ3n) is 5.68. The molecule has 1 fully saturated rings. The van der Waals surface area contributed by atoms with Gasteiger partial charge in [0, 0.05) is 24.2 Å². The number of carbonyl (C=O) groups is 1. The minimum atomic E-state index is -0.211. The van der Waals surface area contributed by atoms with Crippen LogP contribution in [0.4, 0.5) is 5.69 Å². The van der Waals surface area contributed by atoms with Gasteiger partial charge in [0.15, 0.2) is 11.5 Å². The summed E-state index contributed by atoms with van der Waals surface area (Å²) in [7, 11) is 0. The highest BCUT2D eigenvalue weighted by atomic mass is 32.1. The highest BCUT2D eigenvalue weighted by Crippen LogP contribution is 2.35. The number of thiazole rings is 1. The van der Waals surface area contributed by atoms with Gasteiger partial charge in [0.1, 0.15) is 0 Å². The van der Waals surface area contributed by atoms with E-state index in [1.807, 2.05) is 31.2 Å². The number of nitrogens with one attached hydrogen (secondary N) is 1. The Kier molecular flexibility index (Phi) is 4.85. The van der Waals surface area contributed by atoms with E-state index in [-0.39, 0.29) is 18.7 Å². The van der Waals surface area contributed by atoms with Crippen molar-refractivity contribution in [1.82, 2.24) is 9.88 Å². The molecule has 0 unspecified atom stereocenters. The molecule has 3 aromatic rings. The summed E-state index contributed by atoms with van der Waals surface area (Å²) in [4.78, 5) is 20.0. The fraction of sp³-hybridized carbons (Fsp3) is 0.364. The molecule has 0 saturated carbocycles. The lowest BCUT2D eigenvalue weighted by molar-refractivity contribution is -0.121. The smallest absolute Gasteiger partial charge is 0.241 e. The van der Waals surface area contributed by atoms with E-state index in [0.717, 1.165) is 37.1 Å². The van der Waals surface area contributed by atoms with Crippen LogP contribution in [0.2, 0.25) is 0 Å². The maximum atomic E-state index is 12.9. The van der Waals surface area contributed by atoms with Crippen molar-refractivity contribution >= 4 is 33.1 Å². The Hall–Kier alpha value is -2.64. The summed E-state index contributed by atoms with van der Waals surface area (Å²) in [5.74, 6) is 1.76. The van der Waals surface area contributed by atoms with Crippen molar-refractivity contribution in [2.45, 2.75) is 31.7 Å². The first kappa shape index (κ1) is 18.4. The second kappa shape index (κ2) is 7.65. The molecule has 6 nitrogen and oxygen atoms in total. The van der Waals surface area contributed by atoms with Gasteiger partial charge >= 0.3 is 0 Å². The minimum Gasteiger partial charge on any atom is -0.454 e. The molecular formula is C22H23N3O3S. The number of aromatic nitrogens is 1. The quantitative estimate of drug-likeness (QED) is 0.699. The molecule has 2 aromatic carbocycles. The van der Waals surface area contributed by atoms with Crippen LogP contribution in [0.5, 0.6) is 11.5 Å². The highest BCUT2D eigenvalue weighted by molar-refractivity contribution is 7.18. The number of nitrogens with zero attached hydrogens (tertiary/aromatic N) is 2. The van der Waals surface area contributed by atoms with Gasteiger partial charge in [0.25, 0.3) is 0 Å². The minimum absolute atomic E-state index is 0.00573. The summed E-state index contributed by atoms with van der Waals surface area (Å²) in [6.07, 6.45) is 2.19. The molecule has 150 valence electrons. The van der Waals surface area contributed by atoms with Gasteiger partial charge in [-0.15, -0.1) is 11.3 Å². The van der Waals surface area contributed by atoms with Gasteiger partial charge in [0.2, 0.25) is 12.7 Å². The summed E-state index contributed by atoms with van der Waals surface area (Å²) in [6, 6.07) is 13.5. The second-order valence-corrected chi connectivity index (χ2v) is 8.65. The Morgan fingerprint density at radius 3 is 3.00 bits per heavy atom. The zero-order chi connectivity index (χ0) is 19.8. The molecule has 2 aliphatic rings. The molecule has 7 heteroatoms. The van der Waals surface area contributed by atoms with E-state index in [4.69, 9.17) is 14.5 Å². The molecule has 5 rings (SSSR count). The Balaban J connectivity index is 1.26. The predicted octanol–water partition coefficient (Wildman–Crippen LogP) is 4.23. The van der Waals surface area contributed by atoms with Crippen molar-refractivity contribution in [2.75, 3.05) is 25.2 Å². The molecule has 2 atom stereocenters. The second-order valence-electron chi connectivity index (χ2n) is 7.59. The van der Waals surface area contributed by atoms with Crippen molar-refractivity contribution in [3.05, 3.63) is 47.5 Å². The Bertz CT molecular complexity index is 1020. The molecule has 29 heavy (non-hydrogen) atoms. The molecule has 0 aliphatic carbocycles. The molecule has 1 aromatic heterocycles. The zero-order valence-electron chi connectivity index (χ0n) is 16.3. The number of benzene rings is 2. The summed E-state index contributed by atoms with van der Waals surface area (Å²) in [5, 5.41) is 4.20. The summed E-state index contributed by atoms with van der Waals surface area (Å²) >= 11 is 1.78. The molecule has 0 radical (unpaired) electrons. The summed E-state index contributed by atoms with van der Waals surface area (Å²) in [6.45, 7) is 3.99. The zero-order valence-corrected chi connectivity index (χ0v) is 17.1. The molecule has 0 bridgehead atoms. The number of amides is 1. The fourth-order valence-electron chi connectivity index (χ4n) is 4.01. The third-order valence-corrected chi connectivity index (χ3v) is 6.88. The van der Waals surface area contributed by atoms with Crippen molar-refractivity contribution in [3.63, 3.8) is 0 Å². The molecule has 2 aliphatic heterocycles. The van der Waals surface area contributed by atoms with Gasteiger partial charge in [-0.1, -0.05) is 12.1 Å². The number of para-hydroxylation sites is 1. The number of ether oxygens (including phenoxy) is 2. The SMILES string of the molecule is C[C@H](C(=O)Nc1ccc2c(c1)OCO2)N1CCC[C@H](c2nc3ccccc3s2)C1. The predicted molar refractivity (Wildman–Crippen MR) is 114 cm³/mol. The lowest BCUT2D eigenvalue weighted by atomic mass is 9.97. The largest absolute Gasteiger partial charge is 0.454 e. The van der Waals surface area contributed by atoms with E-state index in [9.17, 15) is 4.79 Å². The lowest BCUT2D eigenvalue weighted by Crippen LogP contribution is -2.46. The monoisotopic (exact) mass is 409 g/mol. The van der Waals surface area contributed by atoms with Crippen LogP contribution in [-0.2, 0) is 4.79 Å². The average molecular weight is 410 g/mol. The average Bonchev–Trinajstić information content (AvgIpc) is 3.39. The van der Waals surface area contributed by atoms with Gasteiger partial charge < -0.3 is 14.8 Å². The third kappa shape index (κ3) is 3.68. The molecule has 1 N–H and O–H groups in total. The molecular weight excluding hydrogens is 386 g/mol. The van der Waals surface area contributed by atoms with Crippen LogP contribution in [0.25, 0.3) is 10.2 Å². The Labute approximate surface area is 173 Å². The van der Waals surface area contributed by atoms with E-state index in [0.29, 0.717) is 17.4 Å². The Morgan fingerprint density at radius 1 is 1.24 bits per heavy atom. The van der Waals surface area contributed by atoms with Crippen LogP contribution in [-0.4, -0.2) is 41.7 Å². The first-order valence-corrected chi connectivity index (χ1v) is 10.8. The van der Waals surface area contributed by atoms with E-state index in [1.165, 1.54) is 9.71 Å². The van der Waals surface area contributed by atoms with Gasteiger partial charge in [0.05, 0.1) is 21.3 Å². The fourth-order valence-corrected chi connectivity index (χ4v) is 5.10. The normalized spacial score (nSPS) is 20.0. The first-order chi connectivity index (χ1) is 14.2. The number of fused-ring (bicyclic) bond motifs is 2. The van der Waals surface area contributed by atoms with Crippen molar-refractivity contribution in [2.24, 2.45) is 0 Å². The van der Waals surface area contributed by atoms with Gasteiger partial charge in [-0.2, -0.15) is 0 Å². The van der Waals surface area contributed by atoms with Crippen LogP contribution < -0.4 is 14.8 Å². The van der Waals surface area contributed by atoms with Crippen LogP contribution in [0.15, 0.2) is 42.5 Å². The highest BCUT2D eigenvalue weighted by Gasteiger charge is 2.30.